The Hall–Kier alpha value is -4.80. The number of carbonyl (C=O) groups is 3. The van der Waals surface area contributed by atoms with Gasteiger partial charge in [0.15, 0.2) is 12.6 Å². The van der Waals surface area contributed by atoms with Crippen LogP contribution in [0.25, 0.3) is 11.4 Å². The Morgan fingerprint density at radius 1 is 0.709 bits per heavy atom. The van der Waals surface area contributed by atoms with Crippen molar-refractivity contribution in [2.45, 2.75) is 62.4 Å². The first-order chi connectivity index (χ1) is 26.6. The van der Waals surface area contributed by atoms with Crippen molar-refractivity contribution < 1.29 is 24.6 Å². The molecule has 4 aromatic carbocycles. The van der Waals surface area contributed by atoms with Gasteiger partial charge in [-0.25, -0.2) is 4.98 Å². The lowest BCUT2D eigenvalue weighted by Crippen LogP contribution is -2.39. The summed E-state index contributed by atoms with van der Waals surface area (Å²) in [5.41, 5.74) is 11.9. The molecule has 3 N–H and O–H groups in total. The van der Waals surface area contributed by atoms with Gasteiger partial charge in [0.25, 0.3) is 0 Å². The van der Waals surface area contributed by atoms with Crippen LogP contribution < -0.4 is 0 Å². The molecule has 0 saturated carbocycles. The van der Waals surface area contributed by atoms with Gasteiger partial charge in [0.2, 0.25) is 0 Å². The molecule has 0 saturated heterocycles. The van der Waals surface area contributed by atoms with E-state index in [-0.39, 0.29) is 35.9 Å². The van der Waals surface area contributed by atoms with Crippen LogP contribution in [0.5, 0.6) is 11.5 Å². The van der Waals surface area contributed by atoms with Crippen molar-refractivity contribution in [3.05, 3.63) is 133 Å². The van der Waals surface area contributed by atoms with Crippen LogP contribution in [0, 0.1) is 0 Å². The van der Waals surface area contributed by atoms with Crippen LogP contribution in [0.3, 0.4) is 0 Å². The maximum Gasteiger partial charge on any atom is 0.182 e. The fourth-order valence-corrected chi connectivity index (χ4v) is 9.70. The monoisotopic (exact) mass is 778 g/mol. The fourth-order valence-electron chi connectivity index (χ4n) is 9.33. The molecule has 0 fully saturated rings. The van der Waals surface area contributed by atoms with E-state index in [9.17, 15) is 15.0 Å². The number of hydrogen-bond acceptors (Lipinski definition) is 8. The van der Waals surface area contributed by atoms with Gasteiger partial charge >= 0.3 is 0 Å². The van der Waals surface area contributed by atoms with E-state index in [1.807, 2.05) is 42.6 Å². The first kappa shape index (κ1) is 38.5. The van der Waals surface area contributed by atoms with E-state index in [0.29, 0.717) is 22.1 Å². The lowest BCUT2D eigenvalue weighted by atomic mass is 9.73. The Morgan fingerprint density at radius 2 is 1.24 bits per heavy atom. The second-order valence-electron chi connectivity index (χ2n) is 14.7. The number of nitrogens with zero attached hydrogens (tertiary/aromatic N) is 3. The number of phenolic OH excluding ortho intramolecular Hbond substituents is 2. The van der Waals surface area contributed by atoms with Crippen LogP contribution in [0.1, 0.15) is 79.5 Å². The molecule has 9 rings (SSSR count). The summed E-state index contributed by atoms with van der Waals surface area (Å²) < 4.78 is 0. The zero-order chi connectivity index (χ0) is 38.8. The lowest BCUT2D eigenvalue weighted by Gasteiger charge is -2.38. The van der Waals surface area contributed by atoms with Gasteiger partial charge in [0.05, 0.1) is 10.0 Å². The Morgan fingerprint density at radius 3 is 1.75 bits per heavy atom. The van der Waals surface area contributed by atoms with Crippen molar-refractivity contribution in [1.82, 2.24) is 19.8 Å². The molecule has 0 amide bonds. The summed E-state index contributed by atoms with van der Waals surface area (Å²) in [7, 11) is 4.38. The number of aromatic nitrogens is 2. The number of carbonyl (C=O) groups excluding carboxylic acids is 3. The van der Waals surface area contributed by atoms with Crippen molar-refractivity contribution >= 4 is 42.1 Å². The number of phenols is 2. The highest BCUT2D eigenvalue weighted by atomic mass is 35.5. The van der Waals surface area contributed by atoms with Crippen LogP contribution in [0.4, 0.5) is 0 Å². The lowest BCUT2D eigenvalue weighted by molar-refractivity contribution is -0.122. The van der Waals surface area contributed by atoms with Crippen LogP contribution in [0.2, 0.25) is 10.0 Å². The molecule has 0 unspecified atom stereocenters. The van der Waals surface area contributed by atoms with E-state index in [2.05, 4.69) is 58.1 Å². The number of aromatic hydroxyl groups is 2. The highest BCUT2D eigenvalue weighted by molar-refractivity contribution is 6.32. The molecule has 0 radical (unpaired) electrons. The van der Waals surface area contributed by atoms with Crippen molar-refractivity contribution in [3.63, 3.8) is 0 Å². The molecule has 0 bridgehead atoms. The smallest absolute Gasteiger partial charge is 0.182 e. The average molecular weight is 780 g/mol. The maximum atomic E-state index is 11.4. The molecule has 5 aromatic rings. The van der Waals surface area contributed by atoms with Crippen molar-refractivity contribution in [1.29, 1.82) is 0 Å². The topological polar surface area (TPSA) is 127 Å². The highest BCUT2D eigenvalue weighted by Gasteiger charge is 2.39. The molecule has 9 nitrogen and oxygen atoms in total. The van der Waals surface area contributed by atoms with Crippen LogP contribution >= 0.6 is 23.2 Å². The molecular weight excluding hydrogens is 735 g/mol. The van der Waals surface area contributed by atoms with Crippen molar-refractivity contribution in [2.75, 3.05) is 27.2 Å². The molecular formula is C44H44Cl2N4O5. The van der Waals surface area contributed by atoms with Gasteiger partial charge in [-0.2, -0.15) is 0 Å². The summed E-state index contributed by atoms with van der Waals surface area (Å²) in [4.78, 5) is 41.7. The molecule has 4 atom stereocenters. The van der Waals surface area contributed by atoms with E-state index in [0.717, 1.165) is 80.4 Å². The first-order valence-corrected chi connectivity index (χ1v) is 19.4. The third-order valence-electron chi connectivity index (χ3n) is 11.9. The van der Waals surface area contributed by atoms with Gasteiger partial charge in [-0.3, -0.25) is 14.4 Å². The predicted molar refractivity (Wildman–Crippen MR) is 215 cm³/mol. The number of hydrogen-bond donors (Lipinski definition) is 3. The number of halogens is 2. The molecule has 1 aromatic heterocycles. The molecule has 3 heterocycles. The second-order valence-corrected chi connectivity index (χ2v) is 15.6. The van der Waals surface area contributed by atoms with Gasteiger partial charge < -0.3 is 25.0 Å². The number of aldehydes is 3. The number of aromatic amines is 1. The number of rotatable bonds is 3. The number of nitrogens with one attached hydrogen (secondary N) is 1. The Labute approximate surface area is 330 Å². The minimum atomic E-state index is 0.136. The molecule has 55 heavy (non-hydrogen) atoms. The number of H-pyrrole nitrogens is 1. The third kappa shape index (κ3) is 7.46. The molecule has 0 spiro atoms. The predicted octanol–water partition coefficient (Wildman–Crippen LogP) is 7.55. The van der Waals surface area contributed by atoms with Crippen molar-refractivity contribution in [2.24, 2.45) is 0 Å². The minimum absolute atomic E-state index is 0.136. The van der Waals surface area contributed by atoms with Gasteiger partial charge in [-0.05, 0) is 121 Å². The van der Waals surface area contributed by atoms with E-state index in [4.69, 9.17) is 32.8 Å². The van der Waals surface area contributed by atoms with E-state index < -0.39 is 0 Å². The SMILES string of the molecule is CN1CCc2cc(Cl)c(O)cc2[C@H]2c3cccc(-c4ncc[nH]4)c3CC[C@@H]21.CN1CCc2cc(Cl)c(O)cc2[C@H]2c3cccc(C=O)c3CC[C@@H]21.O=CC=O. The van der Waals surface area contributed by atoms with Crippen LogP contribution in [-0.2, 0) is 35.3 Å². The van der Waals surface area contributed by atoms with E-state index >= 15 is 0 Å². The Bertz CT molecular complexity index is 2220. The number of fused-ring (bicyclic) bond motifs is 10. The highest BCUT2D eigenvalue weighted by Crippen LogP contribution is 2.47. The molecule has 2 aliphatic heterocycles. The number of imidazole rings is 1. The Kier molecular flexibility index (Phi) is 11.6. The average Bonchev–Trinajstić information content (AvgIpc) is 3.66. The molecule has 4 aliphatic rings. The standard InChI is InChI=1S/C22H22ClN3O.C20H20ClNO2.C2H2O2/c1-26-10-7-13-11-18(23)20(27)12-17(13)21-15-3-2-4-16(22-24-8-9-25-22)14(15)5-6-19(21)26;1-22-8-7-12-9-17(21)19(24)10-16(12)20-15-4-2-3-13(11-23)14(15)5-6-18(20)22;3-1-2-4/h2-4,8-9,11-12,19,21,27H,5-7,10H2,1H3,(H,24,25);2-4,9-11,18,20,24H,5-8H2,1H3;1-2H/t19-,21+;18-,20+;/m00./s1. The van der Waals surface area contributed by atoms with Gasteiger partial charge in [-0.1, -0.05) is 59.6 Å². The zero-order valence-electron chi connectivity index (χ0n) is 30.8. The largest absolute Gasteiger partial charge is 0.506 e. The van der Waals surface area contributed by atoms with E-state index in [1.165, 1.54) is 38.9 Å². The van der Waals surface area contributed by atoms with Crippen LogP contribution in [0.15, 0.2) is 73.1 Å². The quantitative estimate of drug-likeness (QED) is 0.127. The Balaban J connectivity index is 0.000000155. The van der Waals surface area contributed by atoms with Crippen molar-refractivity contribution in [3.8, 4) is 22.9 Å². The normalized spacial score (nSPS) is 21.1. The molecule has 2 aliphatic carbocycles. The minimum Gasteiger partial charge on any atom is -0.506 e. The molecule has 11 heteroatoms. The fraction of sp³-hybridized carbons (Fsp3) is 0.318. The van der Waals surface area contributed by atoms with E-state index in [1.54, 1.807) is 6.20 Å². The summed E-state index contributed by atoms with van der Waals surface area (Å²) in [6.07, 6.45) is 10.9. The summed E-state index contributed by atoms with van der Waals surface area (Å²) >= 11 is 12.4. The van der Waals surface area contributed by atoms with Gasteiger partial charge in [0.1, 0.15) is 23.6 Å². The summed E-state index contributed by atoms with van der Waals surface area (Å²) in [5, 5.41) is 21.3. The summed E-state index contributed by atoms with van der Waals surface area (Å²) in [5.74, 6) is 1.63. The summed E-state index contributed by atoms with van der Waals surface area (Å²) in [6, 6.07) is 20.9. The summed E-state index contributed by atoms with van der Waals surface area (Å²) in [6.45, 7) is 1.97. The van der Waals surface area contributed by atoms with Gasteiger partial charge in [0, 0.05) is 60.5 Å². The number of benzene rings is 4. The van der Waals surface area contributed by atoms with Gasteiger partial charge in [-0.15, -0.1) is 0 Å². The first-order valence-electron chi connectivity index (χ1n) is 18.7. The zero-order valence-corrected chi connectivity index (χ0v) is 32.4. The number of likely N-dealkylation sites (N-methyl/N-ethyl adjacent to an activating group) is 2. The third-order valence-corrected chi connectivity index (χ3v) is 12.5. The van der Waals surface area contributed by atoms with Crippen LogP contribution in [-0.4, -0.2) is 88.1 Å². The second kappa shape index (κ2) is 16.5. The maximum absolute atomic E-state index is 11.4. The molecule has 284 valence electrons.